The number of aryl methyl sites for hydroxylation is 4. The van der Waals surface area contributed by atoms with E-state index in [-0.39, 0.29) is 13.2 Å². The van der Waals surface area contributed by atoms with Crippen LogP contribution in [-0.2, 0) is 14.3 Å². The molecule has 0 fully saturated rings. The maximum atomic E-state index is 11.9. The normalized spacial score (nSPS) is 10.3. The highest BCUT2D eigenvalue weighted by Crippen LogP contribution is 2.27. The molecule has 0 unspecified atom stereocenters. The van der Waals surface area contributed by atoms with Crippen LogP contribution in [0.1, 0.15) is 22.3 Å². The van der Waals surface area contributed by atoms with Gasteiger partial charge in [0.05, 0.1) is 0 Å². The predicted molar refractivity (Wildman–Crippen MR) is 102 cm³/mol. The summed E-state index contributed by atoms with van der Waals surface area (Å²) in [5.74, 6) is -0.426. The predicted octanol–water partition coefficient (Wildman–Crippen LogP) is 4.13. The van der Waals surface area contributed by atoms with Gasteiger partial charge in [0.25, 0.3) is 5.91 Å². The third-order valence-electron chi connectivity index (χ3n) is 3.78. The summed E-state index contributed by atoms with van der Waals surface area (Å²) in [5, 5.41) is 3.33. The maximum Gasteiger partial charge on any atom is 0.344 e. The van der Waals surface area contributed by atoms with Crippen LogP contribution in [0.3, 0.4) is 0 Å². The molecule has 0 atom stereocenters. The SMILES string of the molecule is Cc1ccc(NC(=O)COC(=O)COc2c(C)cc(Cl)cc2C)c(C)c1. The van der Waals surface area contributed by atoms with Crippen molar-refractivity contribution in [2.75, 3.05) is 18.5 Å². The first kappa shape index (κ1) is 19.8. The van der Waals surface area contributed by atoms with Gasteiger partial charge in [-0.1, -0.05) is 29.3 Å². The zero-order valence-electron chi connectivity index (χ0n) is 15.3. The molecular formula is C20H22ClNO4. The minimum absolute atomic E-state index is 0.278. The minimum atomic E-state index is -0.616. The molecule has 26 heavy (non-hydrogen) atoms. The summed E-state index contributed by atoms with van der Waals surface area (Å²) in [5.41, 5.74) is 4.41. The number of hydrogen-bond donors (Lipinski definition) is 1. The second kappa shape index (κ2) is 8.72. The van der Waals surface area contributed by atoms with Crippen LogP contribution in [0.5, 0.6) is 5.75 Å². The van der Waals surface area contributed by atoms with Crippen LogP contribution in [0.4, 0.5) is 5.69 Å². The van der Waals surface area contributed by atoms with Gasteiger partial charge >= 0.3 is 5.97 Å². The third kappa shape index (κ3) is 5.49. The van der Waals surface area contributed by atoms with Gasteiger partial charge in [0.1, 0.15) is 5.75 Å². The lowest BCUT2D eigenvalue weighted by atomic mass is 10.1. The van der Waals surface area contributed by atoms with Crippen molar-refractivity contribution in [3.05, 3.63) is 57.6 Å². The summed E-state index contributed by atoms with van der Waals surface area (Å²) in [6, 6.07) is 9.20. The molecule has 0 saturated heterocycles. The number of amides is 1. The zero-order chi connectivity index (χ0) is 19.3. The first-order valence-corrected chi connectivity index (χ1v) is 8.56. The largest absolute Gasteiger partial charge is 0.481 e. The van der Waals surface area contributed by atoms with Gasteiger partial charge in [-0.15, -0.1) is 0 Å². The molecule has 1 amide bonds. The van der Waals surface area contributed by atoms with E-state index >= 15 is 0 Å². The van der Waals surface area contributed by atoms with Crippen LogP contribution >= 0.6 is 11.6 Å². The highest BCUT2D eigenvalue weighted by molar-refractivity contribution is 6.30. The standard InChI is InChI=1S/C20H22ClNO4/c1-12-5-6-17(13(2)7-12)22-18(23)10-25-19(24)11-26-20-14(3)8-16(21)9-15(20)4/h5-9H,10-11H2,1-4H3,(H,22,23). The molecule has 6 heteroatoms. The summed E-state index contributed by atoms with van der Waals surface area (Å²) in [6.07, 6.45) is 0. The van der Waals surface area contributed by atoms with E-state index in [1.165, 1.54) is 0 Å². The fourth-order valence-electron chi connectivity index (χ4n) is 2.58. The van der Waals surface area contributed by atoms with E-state index < -0.39 is 11.9 Å². The van der Waals surface area contributed by atoms with E-state index in [0.717, 1.165) is 22.3 Å². The number of halogens is 1. The van der Waals surface area contributed by atoms with Gasteiger partial charge < -0.3 is 14.8 Å². The van der Waals surface area contributed by atoms with Crippen molar-refractivity contribution in [3.63, 3.8) is 0 Å². The van der Waals surface area contributed by atoms with Crippen LogP contribution in [0.2, 0.25) is 5.02 Å². The van der Waals surface area contributed by atoms with Crippen LogP contribution in [0, 0.1) is 27.7 Å². The van der Waals surface area contributed by atoms with Gasteiger partial charge in [-0.3, -0.25) is 4.79 Å². The van der Waals surface area contributed by atoms with E-state index in [9.17, 15) is 9.59 Å². The molecule has 0 heterocycles. The highest BCUT2D eigenvalue weighted by atomic mass is 35.5. The Labute approximate surface area is 158 Å². The summed E-state index contributed by atoms with van der Waals surface area (Å²) in [6.45, 7) is 6.92. The second-order valence-corrected chi connectivity index (χ2v) is 6.62. The summed E-state index contributed by atoms with van der Waals surface area (Å²) in [7, 11) is 0. The number of hydrogen-bond acceptors (Lipinski definition) is 4. The quantitative estimate of drug-likeness (QED) is 0.771. The van der Waals surface area contributed by atoms with Gasteiger partial charge in [0, 0.05) is 10.7 Å². The molecular weight excluding hydrogens is 354 g/mol. The van der Waals surface area contributed by atoms with E-state index in [0.29, 0.717) is 16.5 Å². The number of ether oxygens (including phenoxy) is 2. The van der Waals surface area contributed by atoms with E-state index in [1.54, 1.807) is 12.1 Å². The zero-order valence-corrected chi connectivity index (χ0v) is 16.1. The van der Waals surface area contributed by atoms with Crippen molar-refractivity contribution >= 4 is 29.2 Å². The molecule has 1 N–H and O–H groups in total. The minimum Gasteiger partial charge on any atom is -0.481 e. The Morgan fingerprint density at radius 2 is 1.62 bits per heavy atom. The molecule has 0 aliphatic carbocycles. The second-order valence-electron chi connectivity index (χ2n) is 6.18. The molecule has 138 valence electrons. The van der Waals surface area contributed by atoms with Gasteiger partial charge in [0.2, 0.25) is 0 Å². The fourth-order valence-corrected chi connectivity index (χ4v) is 2.91. The smallest absolute Gasteiger partial charge is 0.344 e. The van der Waals surface area contributed by atoms with Crippen molar-refractivity contribution in [1.29, 1.82) is 0 Å². The van der Waals surface area contributed by atoms with Crippen molar-refractivity contribution in [3.8, 4) is 5.75 Å². The van der Waals surface area contributed by atoms with Crippen LogP contribution in [0.25, 0.3) is 0 Å². The Kier molecular flexibility index (Phi) is 6.64. The number of esters is 1. The first-order chi connectivity index (χ1) is 12.3. The molecule has 0 spiro atoms. The Balaban J connectivity index is 1.82. The lowest BCUT2D eigenvalue weighted by molar-refractivity contribution is -0.149. The van der Waals surface area contributed by atoms with E-state index in [2.05, 4.69) is 5.32 Å². The number of carbonyl (C=O) groups is 2. The molecule has 2 aromatic carbocycles. The Morgan fingerprint density at radius 3 is 2.23 bits per heavy atom. The van der Waals surface area contributed by atoms with Gasteiger partial charge in [-0.25, -0.2) is 4.79 Å². The van der Waals surface area contributed by atoms with Crippen LogP contribution in [0.15, 0.2) is 30.3 Å². The number of anilines is 1. The average molecular weight is 376 g/mol. The molecule has 0 aliphatic heterocycles. The summed E-state index contributed by atoms with van der Waals surface area (Å²) < 4.78 is 10.5. The van der Waals surface area contributed by atoms with Crippen molar-refractivity contribution in [1.82, 2.24) is 0 Å². The lowest BCUT2D eigenvalue weighted by Crippen LogP contribution is -2.24. The lowest BCUT2D eigenvalue weighted by Gasteiger charge is -2.12. The number of rotatable bonds is 6. The number of nitrogens with one attached hydrogen (secondary N) is 1. The summed E-state index contributed by atoms with van der Waals surface area (Å²) in [4.78, 5) is 23.8. The topological polar surface area (TPSA) is 64.6 Å². The van der Waals surface area contributed by atoms with Crippen LogP contribution in [-0.4, -0.2) is 25.1 Å². The molecule has 5 nitrogen and oxygen atoms in total. The van der Waals surface area contributed by atoms with Gasteiger partial charge in [-0.2, -0.15) is 0 Å². The average Bonchev–Trinajstić information content (AvgIpc) is 2.54. The Bertz CT molecular complexity index is 810. The molecule has 2 rings (SSSR count). The van der Waals surface area contributed by atoms with E-state index in [1.807, 2.05) is 45.9 Å². The first-order valence-electron chi connectivity index (χ1n) is 8.18. The molecule has 2 aromatic rings. The van der Waals surface area contributed by atoms with Crippen LogP contribution < -0.4 is 10.1 Å². The van der Waals surface area contributed by atoms with Gasteiger partial charge in [0.15, 0.2) is 13.2 Å². The van der Waals surface area contributed by atoms with Gasteiger partial charge in [-0.05, 0) is 62.6 Å². The summed E-state index contributed by atoms with van der Waals surface area (Å²) >= 11 is 5.96. The fraction of sp³-hybridized carbons (Fsp3) is 0.300. The third-order valence-corrected chi connectivity index (χ3v) is 4.00. The molecule has 0 radical (unpaired) electrons. The molecule has 0 bridgehead atoms. The highest BCUT2D eigenvalue weighted by Gasteiger charge is 2.12. The molecule has 0 aliphatic rings. The van der Waals surface area contributed by atoms with Crippen molar-refractivity contribution in [2.45, 2.75) is 27.7 Å². The Hall–Kier alpha value is -2.53. The van der Waals surface area contributed by atoms with Crippen molar-refractivity contribution in [2.24, 2.45) is 0 Å². The molecule has 0 aromatic heterocycles. The van der Waals surface area contributed by atoms with E-state index in [4.69, 9.17) is 21.1 Å². The Morgan fingerprint density at radius 1 is 0.962 bits per heavy atom. The number of benzene rings is 2. The monoisotopic (exact) mass is 375 g/mol. The number of carbonyl (C=O) groups excluding carboxylic acids is 2. The van der Waals surface area contributed by atoms with Crippen molar-refractivity contribution < 1.29 is 19.1 Å². The maximum absolute atomic E-state index is 11.9. The molecule has 0 saturated carbocycles.